The van der Waals surface area contributed by atoms with Crippen LogP contribution in [0.25, 0.3) is 0 Å². The number of benzene rings is 3. The Morgan fingerprint density at radius 1 is 0.654 bits per heavy atom. The molecule has 5 atom stereocenters. The van der Waals surface area contributed by atoms with Crippen molar-refractivity contribution < 1.29 is 73.4 Å². The average Bonchev–Trinajstić information content (AvgIpc) is 3.13. The van der Waals surface area contributed by atoms with Gasteiger partial charge in [0.05, 0.1) is 47.8 Å². The van der Waals surface area contributed by atoms with Crippen molar-refractivity contribution in [3.05, 3.63) is 89.5 Å². The molecule has 1 aliphatic rings. The highest BCUT2D eigenvalue weighted by Crippen LogP contribution is 2.47. The molecule has 0 aromatic heterocycles. The van der Waals surface area contributed by atoms with Gasteiger partial charge in [0.1, 0.15) is 41.6 Å². The normalized spacial score (nSPS) is 21.0. The molecule has 1 fully saturated rings. The second kappa shape index (κ2) is 17.6. The molecular weight excluding hydrogens is 711 g/mol. The summed E-state index contributed by atoms with van der Waals surface area (Å²) in [7, 11) is 5.49. The number of amides is 1. The number of hydrogen-bond donors (Lipinski definition) is 1. The lowest BCUT2D eigenvalue weighted by molar-refractivity contribution is -0.345. The van der Waals surface area contributed by atoms with Gasteiger partial charge in [0, 0.05) is 7.11 Å². The summed E-state index contributed by atoms with van der Waals surface area (Å²) < 4.78 is 141. The Morgan fingerprint density at radius 3 is 1.48 bits per heavy atom. The Labute approximate surface area is 295 Å². The first kappa shape index (κ1) is 40.6. The number of carbonyl (C=O) groups is 1. The molecule has 10 nitrogen and oxygen atoms in total. The summed E-state index contributed by atoms with van der Waals surface area (Å²) in [6.45, 7) is -0.599. The number of hydrogen-bond acceptors (Lipinski definition) is 9. The first-order chi connectivity index (χ1) is 24.6. The molecule has 1 saturated heterocycles. The number of nitrogens with one attached hydrogen (secondary N) is 1. The van der Waals surface area contributed by atoms with Gasteiger partial charge in [-0.1, -0.05) is 36.4 Å². The number of rotatable bonds is 17. The van der Waals surface area contributed by atoms with Gasteiger partial charge in [-0.25, -0.2) is 0 Å². The van der Waals surface area contributed by atoms with Crippen molar-refractivity contribution >= 4 is 5.91 Å². The van der Waals surface area contributed by atoms with Crippen molar-refractivity contribution in [3.8, 4) is 17.2 Å². The quantitative estimate of drug-likeness (QED) is 0.165. The zero-order valence-electron chi connectivity index (χ0n) is 28.5. The molecule has 1 aliphatic heterocycles. The van der Waals surface area contributed by atoms with Crippen molar-refractivity contribution in [1.82, 2.24) is 5.32 Å². The van der Waals surface area contributed by atoms with Gasteiger partial charge in [-0.3, -0.25) is 4.79 Å². The van der Waals surface area contributed by atoms with Crippen LogP contribution in [0.15, 0.2) is 72.8 Å². The Balaban J connectivity index is 1.68. The molecule has 0 saturated carbocycles. The fraction of sp³-hybridized carbons (Fsp3) is 0.457. The van der Waals surface area contributed by atoms with Crippen molar-refractivity contribution in [2.75, 3.05) is 35.0 Å². The van der Waals surface area contributed by atoms with Crippen LogP contribution in [0.4, 0.5) is 30.7 Å². The van der Waals surface area contributed by atoms with Gasteiger partial charge in [0.25, 0.3) is 5.91 Å². The van der Waals surface area contributed by atoms with Crippen LogP contribution < -0.4 is 19.5 Å². The van der Waals surface area contributed by atoms with E-state index in [-0.39, 0.29) is 26.4 Å². The molecule has 4 rings (SSSR count). The molecule has 1 heterocycles. The summed E-state index contributed by atoms with van der Waals surface area (Å²) in [5.74, 6) is -14.2. The van der Waals surface area contributed by atoms with Crippen LogP contribution in [-0.4, -0.2) is 89.6 Å². The minimum atomic E-state index is -6.75. The van der Waals surface area contributed by atoms with Crippen molar-refractivity contribution in [3.63, 3.8) is 0 Å². The molecule has 286 valence electrons. The Bertz CT molecular complexity index is 1560. The number of methoxy groups -OCH3 is 4. The smallest absolute Gasteiger partial charge is 0.460 e. The van der Waals surface area contributed by atoms with Crippen LogP contribution in [0.1, 0.15) is 16.7 Å². The van der Waals surface area contributed by atoms with E-state index >= 15 is 0 Å². The molecule has 0 radical (unpaired) electrons. The molecule has 0 aliphatic carbocycles. The maximum absolute atomic E-state index is 14.6. The Hall–Kier alpha value is -4.16. The molecule has 52 heavy (non-hydrogen) atoms. The highest BCUT2D eigenvalue weighted by atomic mass is 19.4. The molecule has 17 heteroatoms. The minimum Gasteiger partial charge on any atom is -0.497 e. The molecule has 1 amide bonds. The highest BCUT2D eigenvalue weighted by Gasteiger charge is 2.76. The lowest BCUT2D eigenvalue weighted by atomic mass is 9.95. The van der Waals surface area contributed by atoms with E-state index in [0.717, 1.165) is 12.7 Å². The molecule has 0 bridgehead atoms. The fourth-order valence-electron chi connectivity index (χ4n) is 5.20. The zero-order valence-corrected chi connectivity index (χ0v) is 28.5. The van der Waals surface area contributed by atoms with Crippen LogP contribution in [-0.2, 0) is 48.3 Å². The largest absolute Gasteiger partial charge is 0.497 e. The van der Waals surface area contributed by atoms with E-state index in [1.165, 1.54) is 21.3 Å². The summed E-state index contributed by atoms with van der Waals surface area (Å²) in [6.07, 6.45) is -12.4. The van der Waals surface area contributed by atoms with Gasteiger partial charge in [-0.05, 0) is 53.1 Å². The Morgan fingerprint density at radius 2 is 1.08 bits per heavy atom. The van der Waals surface area contributed by atoms with Gasteiger partial charge in [0.15, 0.2) is 6.29 Å². The van der Waals surface area contributed by atoms with Crippen molar-refractivity contribution in [2.24, 2.45) is 0 Å². The molecular formula is C35H38F7NO9. The maximum atomic E-state index is 14.6. The topological polar surface area (TPSA) is 103 Å². The summed E-state index contributed by atoms with van der Waals surface area (Å²) in [5, 5.41) is 1.59. The molecule has 0 spiro atoms. The number of halogens is 7. The summed E-state index contributed by atoms with van der Waals surface area (Å²) in [6, 6.07) is 18.1. The van der Waals surface area contributed by atoms with Gasteiger partial charge < -0.3 is 43.2 Å². The second-order valence-electron chi connectivity index (χ2n) is 11.5. The number of ether oxygens (including phenoxy) is 8. The maximum Gasteiger partial charge on any atom is 0.460 e. The van der Waals surface area contributed by atoms with Crippen LogP contribution >= 0.6 is 0 Å². The predicted octanol–water partition coefficient (Wildman–Crippen LogP) is 6.09. The lowest BCUT2D eigenvalue weighted by Gasteiger charge is -2.46. The minimum absolute atomic E-state index is 0.0585. The average molecular weight is 750 g/mol. The van der Waals surface area contributed by atoms with E-state index in [0.29, 0.717) is 28.4 Å². The van der Waals surface area contributed by atoms with Crippen LogP contribution in [0.3, 0.4) is 0 Å². The second-order valence-corrected chi connectivity index (χ2v) is 11.5. The first-order valence-electron chi connectivity index (χ1n) is 15.7. The van der Waals surface area contributed by atoms with Crippen molar-refractivity contribution in [2.45, 2.75) is 68.5 Å². The number of carbonyl (C=O) groups excluding carboxylic acids is 1. The van der Waals surface area contributed by atoms with E-state index in [2.05, 4.69) is 0 Å². The van der Waals surface area contributed by atoms with E-state index in [4.69, 9.17) is 37.9 Å². The van der Waals surface area contributed by atoms with E-state index in [1.807, 2.05) is 0 Å². The van der Waals surface area contributed by atoms with Crippen LogP contribution in [0.2, 0.25) is 0 Å². The predicted molar refractivity (Wildman–Crippen MR) is 169 cm³/mol. The van der Waals surface area contributed by atoms with Crippen LogP contribution in [0, 0.1) is 0 Å². The third kappa shape index (κ3) is 9.63. The summed E-state index contributed by atoms with van der Waals surface area (Å²) >= 11 is 0. The third-order valence-electron chi connectivity index (χ3n) is 8.12. The third-order valence-corrected chi connectivity index (χ3v) is 8.12. The lowest BCUT2D eigenvalue weighted by Crippen LogP contribution is -2.69. The highest BCUT2D eigenvalue weighted by molar-refractivity contribution is 5.85. The SMILES string of the molecule is COc1ccc(COC[C@H]2O[C@H](OC)[C@H](NC(=O)C(F)(F)C(F)(F)C(F)(F)F)[C@@H](OCc3ccc(OC)cc3)[C@@H]2OCc2ccc(OC)cc2)cc1. The van der Waals surface area contributed by atoms with Crippen LogP contribution in [0.5, 0.6) is 17.2 Å². The van der Waals surface area contributed by atoms with E-state index < -0.39 is 54.6 Å². The van der Waals surface area contributed by atoms with Gasteiger partial charge in [0.2, 0.25) is 0 Å². The van der Waals surface area contributed by atoms with Crippen molar-refractivity contribution in [1.29, 1.82) is 0 Å². The Kier molecular flexibility index (Phi) is 13.7. The monoisotopic (exact) mass is 749 g/mol. The van der Waals surface area contributed by atoms with E-state index in [1.54, 1.807) is 78.1 Å². The summed E-state index contributed by atoms with van der Waals surface area (Å²) in [5.41, 5.74) is 1.85. The molecule has 0 unspecified atom stereocenters. The van der Waals surface area contributed by atoms with Gasteiger partial charge in [-0.15, -0.1) is 0 Å². The molecule has 1 N–H and O–H groups in total. The number of alkyl halides is 7. The molecule has 3 aromatic carbocycles. The fourth-order valence-corrected chi connectivity index (χ4v) is 5.20. The molecule has 3 aromatic rings. The van der Waals surface area contributed by atoms with Gasteiger partial charge >= 0.3 is 18.0 Å². The zero-order chi connectivity index (χ0) is 38.1. The van der Waals surface area contributed by atoms with E-state index in [9.17, 15) is 35.5 Å². The van der Waals surface area contributed by atoms with Gasteiger partial charge in [-0.2, -0.15) is 30.7 Å². The summed E-state index contributed by atoms with van der Waals surface area (Å²) in [4.78, 5) is 12.7. The first-order valence-corrected chi connectivity index (χ1v) is 15.7. The standard InChI is InChI=1S/C35H38F7NO9/c1-45-24-11-5-21(6-12-24)17-49-20-27-29(50-18-22-7-13-25(46-2)14-8-22)30(51-19-23-9-15-26(47-3)16-10-23)28(31(48-4)52-27)43-32(44)33(36,37)34(38,39)35(40,41)42/h5-16,27-31H,17-20H2,1-4H3,(H,43,44)/t27-,28-,29-,30-,31+/m1/s1.